The largest absolute Gasteiger partial charge is 0.493 e. The number of anilines is 1. The van der Waals surface area contributed by atoms with Crippen LogP contribution < -0.4 is 10.1 Å². The molecular formula is C19H20FN5OS. The summed E-state index contributed by atoms with van der Waals surface area (Å²) >= 11 is 2.00. The van der Waals surface area contributed by atoms with Gasteiger partial charge in [-0.25, -0.2) is 9.37 Å². The summed E-state index contributed by atoms with van der Waals surface area (Å²) in [6, 6.07) is 3.17. The molecule has 6 nitrogen and oxygen atoms in total. The summed E-state index contributed by atoms with van der Waals surface area (Å²) < 4.78 is 21.8. The lowest BCUT2D eigenvalue weighted by Crippen LogP contribution is -2.13. The van der Waals surface area contributed by atoms with E-state index < -0.39 is 0 Å². The van der Waals surface area contributed by atoms with Gasteiger partial charge in [0.25, 0.3) is 0 Å². The van der Waals surface area contributed by atoms with Gasteiger partial charge in [-0.05, 0) is 42.4 Å². The topological polar surface area (TPSA) is 64.3 Å². The highest BCUT2D eigenvalue weighted by Gasteiger charge is 2.22. The minimum Gasteiger partial charge on any atom is -0.493 e. The molecule has 140 valence electrons. The molecule has 3 aromatic rings. The Morgan fingerprint density at radius 2 is 2.19 bits per heavy atom. The van der Waals surface area contributed by atoms with Crippen molar-refractivity contribution >= 4 is 23.4 Å². The molecule has 1 fully saturated rings. The van der Waals surface area contributed by atoms with E-state index >= 15 is 0 Å². The van der Waals surface area contributed by atoms with Crippen LogP contribution in [0.1, 0.15) is 35.4 Å². The van der Waals surface area contributed by atoms with E-state index in [1.807, 2.05) is 22.4 Å². The van der Waals surface area contributed by atoms with Gasteiger partial charge in [0.1, 0.15) is 17.9 Å². The Morgan fingerprint density at radius 3 is 3.07 bits per heavy atom. The van der Waals surface area contributed by atoms with Crippen LogP contribution in [0, 0.1) is 5.82 Å². The molecule has 8 heteroatoms. The van der Waals surface area contributed by atoms with E-state index in [4.69, 9.17) is 4.74 Å². The van der Waals surface area contributed by atoms with Gasteiger partial charge < -0.3 is 10.1 Å². The second kappa shape index (κ2) is 6.99. The molecule has 0 radical (unpaired) electrons. The number of fused-ring (bicyclic) bond motifs is 2. The van der Waals surface area contributed by atoms with Crippen LogP contribution in [0.5, 0.6) is 5.75 Å². The minimum absolute atomic E-state index is 0.219. The SMILES string of the molecule is Fc1ccc2c(c1CNc1ncc(C3CCSCC3)c3nncn13)CCO2. The fraction of sp³-hybridized carbons (Fsp3) is 0.421. The Labute approximate surface area is 160 Å². The zero-order chi connectivity index (χ0) is 18.2. The highest BCUT2D eigenvalue weighted by Crippen LogP contribution is 2.34. The zero-order valence-electron chi connectivity index (χ0n) is 14.8. The highest BCUT2D eigenvalue weighted by atomic mass is 32.2. The van der Waals surface area contributed by atoms with Gasteiger partial charge >= 0.3 is 0 Å². The van der Waals surface area contributed by atoms with Crippen LogP contribution in [-0.4, -0.2) is 37.7 Å². The van der Waals surface area contributed by atoms with E-state index in [-0.39, 0.29) is 5.82 Å². The van der Waals surface area contributed by atoms with Crippen molar-refractivity contribution in [1.82, 2.24) is 19.6 Å². The van der Waals surface area contributed by atoms with E-state index in [0.29, 0.717) is 30.6 Å². The van der Waals surface area contributed by atoms with E-state index in [0.717, 1.165) is 41.8 Å². The van der Waals surface area contributed by atoms with Crippen LogP contribution in [0.4, 0.5) is 10.3 Å². The van der Waals surface area contributed by atoms with E-state index in [2.05, 4.69) is 20.5 Å². The normalized spacial score (nSPS) is 17.1. The molecule has 0 saturated carbocycles. The number of hydrogen-bond donors (Lipinski definition) is 1. The molecule has 4 heterocycles. The maximum Gasteiger partial charge on any atom is 0.210 e. The van der Waals surface area contributed by atoms with Crippen LogP contribution in [0.2, 0.25) is 0 Å². The lowest BCUT2D eigenvalue weighted by molar-refractivity contribution is 0.356. The average molecular weight is 385 g/mol. The first kappa shape index (κ1) is 16.8. The first-order chi connectivity index (χ1) is 13.3. The molecule has 2 aromatic heterocycles. The van der Waals surface area contributed by atoms with Crippen molar-refractivity contribution in [1.29, 1.82) is 0 Å². The van der Waals surface area contributed by atoms with Crippen LogP contribution in [-0.2, 0) is 13.0 Å². The van der Waals surface area contributed by atoms with E-state index in [1.165, 1.54) is 17.6 Å². The molecular weight excluding hydrogens is 365 g/mol. The average Bonchev–Trinajstić information content (AvgIpc) is 3.37. The summed E-state index contributed by atoms with van der Waals surface area (Å²) in [5.74, 6) is 4.01. The third kappa shape index (κ3) is 3.01. The molecule has 0 atom stereocenters. The predicted molar refractivity (Wildman–Crippen MR) is 103 cm³/mol. The second-order valence-electron chi connectivity index (χ2n) is 6.90. The Balaban J connectivity index is 1.44. The number of ether oxygens (including phenoxy) is 1. The number of rotatable bonds is 4. The Hall–Kier alpha value is -2.35. The number of halogens is 1. The van der Waals surface area contributed by atoms with Crippen LogP contribution in [0.15, 0.2) is 24.7 Å². The fourth-order valence-electron chi connectivity index (χ4n) is 3.94. The van der Waals surface area contributed by atoms with Gasteiger partial charge in [-0.2, -0.15) is 11.8 Å². The number of thioether (sulfide) groups is 1. The summed E-state index contributed by atoms with van der Waals surface area (Å²) in [7, 11) is 0. The molecule has 5 rings (SSSR count). The molecule has 2 aliphatic heterocycles. The Kier molecular flexibility index (Phi) is 4.35. The van der Waals surface area contributed by atoms with Crippen LogP contribution in [0.25, 0.3) is 5.65 Å². The number of hydrogen-bond acceptors (Lipinski definition) is 6. The van der Waals surface area contributed by atoms with Gasteiger partial charge in [0, 0.05) is 35.9 Å². The maximum atomic E-state index is 14.4. The van der Waals surface area contributed by atoms with Crippen LogP contribution >= 0.6 is 11.8 Å². The van der Waals surface area contributed by atoms with Crippen molar-refractivity contribution in [2.75, 3.05) is 23.4 Å². The number of benzene rings is 1. The minimum atomic E-state index is -0.219. The first-order valence-corrected chi connectivity index (χ1v) is 10.4. The lowest BCUT2D eigenvalue weighted by Gasteiger charge is -2.22. The molecule has 2 aliphatic rings. The van der Waals surface area contributed by atoms with E-state index in [1.54, 1.807) is 12.4 Å². The molecule has 0 spiro atoms. The summed E-state index contributed by atoms with van der Waals surface area (Å²) in [4.78, 5) is 4.60. The van der Waals surface area contributed by atoms with Gasteiger partial charge in [-0.15, -0.1) is 10.2 Å². The third-order valence-electron chi connectivity index (χ3n) is 5.39. The first-order valence-electron chi connectivity index (χ1n) is 9.24. The standard InChI is InChI=1S/C19H20FN5OS/c20-16-1-2-17-13(3-6-26-17)15(16)10-22-19-21-9-14(12-4-7-27-8-5-12)18-24-23-11-25(18)19/h1-2,9,11-12H,3-8,10H2,(H,21,22). The lowest BCUT2D eigenvalue weighted by atomic mass is 9.95. The van der Waals surface area contributed by atoms with Crippen molar-refractivity contribution in [2.24, 2.45) is 0 Å². The molecule has 27 heavy (non-hydrogen) atoms. The van der Waals surface area contributed by atoms with Crippen LogP contribution in [0.3, 0.4) is 0 Å². The molecule has 0 aliphatic carbocycles. The Morgan fingerprint density at radius 1 is 1.30 bits per heavy atom. The number of nitrogens with one attached hydrogen (secondary N) is 1. The number of nitrogens with zero attached hydrogens (tertiary/aromatic N) is 4. The fourth-order valence-corrected chi connectivity index (χ4v) is 5.05. The quantitative estimate of drug-likeness (QED) is 0.742. The smallest absolute Gasteiger partial charge is 0.210 e. The van der Waals surface area contributed by atoms with Crippen molar-refractivity contribution in [3.8, 4) is 5.75 Å². The molecule has 1 saturated heterocycles. The monoisotopic (exact) mass is 385 g/mol. The van der Waals surface area contributed by atoms with Crippen molar-refractivity contribution in [2.45, 2.75) is 31.7 Å². The Bertz CT molecular complexity index is 986. The van der Waals surface area contributed by atoms with Gasteiger partial charge in [0.05, 0.1) is 6.61 Å². The van der Waals surface area contributed by atoms with Gasteiger partial charge in [0.15, 0.2) is 5.65 Å². The zero-order valence-corrected chi connectivity index (χ0v) is 15.6. The molecule has 1 aromatic carbocycles. The van der Waals surface area contributed by atoms with Gasteiger partial charge in [-0.1, -0.05) is 0 Å². The van der Waals surface area contributed by atoms with Crippen molar-refractivity contribution in [3.05, 3.63) is 47.2 Å². The second-order valence-corrected chi connectivity index (χ2v) is 8.13. The third-order valence-corrected chi connectivity index (χ3v) is 6.43. The van der Waals surface area contributed by atoms with Gasteiger partial charge in [-0.3, -0.25) is 4.40 Å². The van der Waals surface area contributed by atoms with Gasteiger partial charge in [0.2, 0.25) is 5.95 Å². The summed E-state index contributed by atoms with van der Waals surface area (Å²) in [6.45, 7) is 0.951. The highest BCUT2D eigenvalue weighted by molar-refractivity contribution is 7.99. The maximum absolute atomic E-state index is 14.4. The molecule has 0 amide bonds. The number of aromatic nitrogens is 4. The predicted octanol–water partition coefficient (Wildman–Crippen LogP) is 3.42. The summed E-state index contributed by atoms with van der Waals surface area (Å²) in [5.41, 5.74) is 3.57. The molecule has 0 bridgehead atoms. The molecule has 1 N–H and O–H groups in total. The van der Waals surface area contributed by atoms with Crippen molar-refractivity contribution < 1.29 is 9.13 Å². The molecule has 0 unspecified atom stereocenters. The summed E-state index contributed by atoms with van der Waals surface area (Å²) in [6.07, 6.45) is 6.59. The van der Waals surface area contributed by atoms with Crippen molar-refractivity contribution in [3.63, 3.8) is 0 Å². The summed E-state index contributed by atoms with van der Waals surface area (Å²) in [5, 5.41) is 11.7. The van der Waals surface area contributed by atoms with E-state index in [9.17, 15) is 4.39 Å².